The van der Waals surface area contributed by atoms with Gasteiger partial charge in [-0.25, -0.2) is 15.4 Å². The number of nitrogens with one attached hydrogen (secondary N) is 1. The highest BCUT2D eigenvalue weighted by atomic mass is 32.1. The molecule has 5 nitrogen and oxygen atoms in total. The molecule has 7 heteroatoms. The van der Waals surface area contributed by atoms with Gasteiger partial charge in [0.15, 0.2) is 0 Å². The van der Waals surface area contributed by atoms with Gasteiger partial charge in [0.1, 0.15) is 5.01 Å². The van der Waals surface area contributed by atoms with E-state index in [1.54, 1.807) is 11.3 Å². The lowest BCUT2D eigenvalue weighted by atomic mass is 9.98. The van der Waals surface area contributed by atoms with Crippen LogP contribution in [0, 0.1) is 13.8 Å². The maximum absolute atomic E-state index is 11.9. The molecule has 23 heavy (non-hydrogen) atoms. The second-order valence-electron chi connectivity index (χ2n) is 6.48. The predicted molar refractivity (Wildman–Crippen MR) is 96.5 cm³/mol. The van der Waals surface area contributed by atoms with Crippen molar-refractivity contribution in [3.05, 3.63) is 31.7 Å². The first-order chi connectivity index (χ1) is 10.7. The van der Waals surface area contributed by atoms with E-state index >= 15 is 0 Å². The molecule has 1 N–H and O–H groups in total. The topological polar surface area (TPSA) is 67.2 Å². The molecule has 0 bridgehead atoms. The molecule has 2 heterocycles. The molecule has 0 aromatic carbocycles. The average Bonchev–Trinajstić information content (AvgIpc) is 3.02. The lowest BCUT2D eigenvalue weighted by Crippen LogP contribution is -2.21. The highest BCUT2D eigenvalue weighted by molar-refractivity contribution is 7.14. The summed E-state index contributed by atoms with van der Waals surface area (Å²) in [5.41, 5.74) is 5.29. The van der Waals surface area contributed by atoms with E-state index < -0.39 is 0 Å². The van der Waals surface area contributed by atoms with E-state index in [9.17, 15) is 4.79 Å². The van der Waals surface area contributed by atoms with Gasteiger partial charge in [-0.15, -0.1) is 22.7 Å². The van der Waals surface area contributed by atoms with Crippen LogP contribution in [-0.2, 0) is 16.6 Å². The first-order valence-electron chi connectivity index (χ1n) is 7.39. The van der Waals surface area contributed by atoms with Gasteiger partial charge in [0.25, 0.3) is 0 Å². The molecule has 0 atom stereocenters. The lowest BCUT2D eigenvalue weighted by molar-refractivity contribution is -0.120. The molecule has 0 aliphatic carbocycles. The molecule has 0 spiro atoms. The zero-order valence-electron chi connectivity index (χ0n) is 14.4. The minimum Gasteiger partial charge on any atom is -0.273 e. The smallest absolute Gasteiger partial charge is 0.246 e. The molecular formula is C16H22N4OS2. The standard InChI is InChI=1S/C16H22N4OS2/c1-9-8-22-13(17-9)7-12(21)20-19-11(3)14-10(2)18-15(23-14)16(4,5)6/h8H,7H2,1-6H3,(H,20,21). The number of hydrogen-bond donors (Lipinski definition) is 1. The number of carbonyl (C=O) groups is 1. The van der Waals surface area contributed by atoms with Gasteiger partial charge in [-0.05, 0) is 20.8 Å². The van der Waals surface area contributed by atoms with Gasteiger partial charge in [0.2, 0.25) is 5.91 Å². The molecule has 0 unspecified atom stereocenters. The van der Waals surface area contributed by atoms with Gasteiger partial charge in [-0.2, -0.15) is 5.10 Å². The lowest BCUT2D eigenvalue weighted by Gasteiger charge is -2.13. The number of amides is 1. The Hall–Kier alpha value is -1.60. The second-order valence-corrected chi connectivity index (χ2v) is 8.42. The quantitative estimate of drug-likeness (QED) is 0.677. The Balaban J connectivity index is 2.05. The number of aryl methyl sites for hydroxylation is 2. The van der Waals surface area contributed by atoms with E-state index in [-0.39, 0.29) is 17.7 Å². The number of nitrogens with zero attached hydrogens (tertiary/aromatic N) is 3. The number of hydrogen-bond acceptors (Lipinski definition) is 6. The molecule has 124 valence electrons. The number of rotatable bonds is 4. The SMILES string of the molecule is CC(=NNC(=O)Cc1nc(C)cs1)c1sc(C(C)(C)C)nc1C. The summed E-state index contributed by atoms with van der Waals surface area (Å²) >= 11 is 3.12. The summed E-state index contributed by atoms with van der Waals surface area (Å²) in [5, 5.41) is 8.03. The van der Waals surface area contributed by atoms with E-state index in [1.165, 1.54) is 11.3 Å². The molecule has 0 saturated heterocycles. The van der Waals surface area contributed by atoms with Crippen LogP contribution in [0.1, 0.15) is 54.0 Å². The fourth-order valence-electron chi connectivity index (χ4n) is 1.91. The van der Waals surface area contributed by atoms with Crippen LogP contribution in [0.2, 0.25) is 0 Å². The maximum Gasteiger partial charge on any atom is 0.246 e. The minimum atomic E-state index is -0.156. The van der Waals surface area contributed by atoms with Gasteiger partial charge >= 0.3 is 0 Å². The number of hydrazone groups is 1. The van der Waals surface area contributed by atoms with Crippen molar-refractivity contribution in [3.8, 4) is 0 Å². The van der Waals surface area contributed by atoms with Gasteiger partial charge in [-0.3, -0.25) is 4.79 Å². The first-order valence-corrected chi connectivity index (χ1v) is 9.09. The summed E-state index contributed by atoms with van der Waals surface area (Å²) in [4.78, 5) is 21.9. The monoisotopic (exact) mass is 350 g/mol. The molecule has 2 rings (SSSR count). The molecule has 0 fully saturated rings. The van der Waals surface area contributed by atoms with Gasteiger partial charge < -0.3 is 0 Å². The first kappa shape index (κ1) is 17.7. The van der Waals surface area contributed by atoms with Crippen LogP contribution >= 0.6 is 22.7 Å². The minimum absolute atomic E-state index is 0.0138. The van der Waals surface area contributed by atoms with Crippen molar-refractivity contribution in [1.29, 1.82) is 0 Å². The van der Waals surface area contributed by atoms with E-state index in [0.29, 0.717) is 0 Å². The molecule has 2 aromatic heterocycles. The molecular weight excluding hydrogens is 328 g/mol. The Kier molecular flexibility index (Phi) is 5.31. The zero-order valence-corrected chi connectivity index (χ0v) is 16.0. The molecule has 0 aliphatic rings. The van der Waals surface area contributed by atoms with Crippen molar-refractivity contribution < 1.29 is 4.79 Å². The van der Waals surface area contributed by atoms with Crippen molar-refractivity contribution in [3.63, 3.8) is 0 Å². The maximum atomic E-state index is 11.9. The third kappa shape index (κ3) is 4.68. The van der Waals surface area contributed by atoms with Gasteiger partial charge in [0, 0.05) is 16.5 Å². The molecule has 1 amide bonds. The van der Waals surface area contributed by atoms with Crippen LogP contribution in [0.15, 0.2) is 10.5 Å². The number of thiazole rings is 2. The highest BCUT2D eigenvalue weighted by Crippen LogP contribution is 2.29. The van der Waals surface area contributed by atoms with Gasteiger partial charge in [-0.1, -0.05) is 20.8 Å². The summed E-state index contributed by atoms with van der Waals surface area (Å²) < 4.78 is 0. The summed E-state index contributed by atoms with van der Waals surface area (Å²) in [6.07, 6.45) is 0.254. The Labute approximate surface area is 144 Å². The van der Waals surface area contributed by atoms with Gasteiger partial charge in [0.05, 0.1) is 27.7 Å². The molecule has 2 aromatic rings. The van der Waals surface area contributed by atoms with Crippen molar-refractivity contribution in [1.82, 2.24) is 15.4 Å². The van der Waals surface area contributed by atoms with Crippen molar-refractivity contribution in [2.75, 3.05) is 0 Å². The normalized spacial score (nSPS) is 12.5. The second kappa shape index (κ2) is 6.88. The molecule has 0 saturated carbocycles. The van der Waals surface area contributed by atoms with Crippen LogP contribution in [0.5, 0.6) is 0 Å². The van der Waals surface area contributed by atoms with E-state index in [2.05, 4.69) is 41.3 Å². The number of aromatic nitrogens is 2. The van der Waals surface area contributed by atoms with E-state index in [4.69, 9.17) is 0 Å². The van der Waals surface area contributed by atoms with Crippen LogP contribution in [0.25, 0.3) is 0 Å². The predicted octanol–water partition coefficient (Wildman–Crippen LogP) is 3.60. The molecule has 0 aliphatic heterocycles. The zero-order chi connectivity index (χ0) is 17.2. The summed E-state index contributed by atoms with van der Waals surface area (Å²) in [7, 11) is 0. The Morgan fingerprint density at radius 2 is 2.00 bits per heavy atom. The fraction of sp³-hybridized carbons (Fsp3) is 0.500. The van der Waals surface area contributed by atoms with Crippen molar-refractivity contribution in [2.45, 2.75) is 53.4 Å². The summed E-state index contributed by atoms with van der Waals surface area (Å²) in [6.45, 7) is 12.2. The van der Waals surface area contributed by atoms with E-state index in [1.807, 2.05) is 26.2 Å². The molecule has 0 radical (unpaired) electrons. The fourth-order valence-corrected chi connectivity index (χ4v) is 3.75. The summed E-state index contributed by atoms with van der Waals surface area (Å²) in [5.74, 6) is -0.156. The van der Waals surface area contributed by atoms with Crippen LogP contribution < -0.4 is 5.43 Å². The third-order valence-corrected chi connectivity index (χ3v) is 5.75. The third-order valence-electron chi connectivity index (χ3n) is 3.09. The van der Waals surface area contributed by atoms with Crippen molar-refractivity contribution in [2.24, 2.45) is 5.10 Å². The van der Waals surface area contributed by atoms with E-state index in [0.717, 1.165) is 32.0 Å². The Morgan fingerprint density at radius 3 is 2.52 bits per heavy atom. The van der Waals surface area contributed by atoms with Crippen LogP contribution in [0.4, 0.5) is 0 Å². The number of carbonyl (C=O) groups excluding carboxylic acids is 1. The Morgan fingerprint density at radius 1 is 1.30 bits per heavy atom. The average molecular weight is 351 g/mol. The van der Waals surface area contributed by atoms with Crippen LogP contribution in [0.3, 0.4) is 0 Å². The summed E-state index contributed by atoms with van der Waals surface area (Å²) in [6, 6.07) is 0. The largest absolute Gasteiger partial charge is 0.273 e. The van der Waals surface area contributed by atoms with Crippen molar-refractivity contribution >= 4 is 34.3 Å². The highest BCUT2D eigenvalue weighted by Gasteiger charge is 2.21. The van der Waals surface area contributed by atoms with Crippen LogP contribution in [-0.4, -0.2) is 21.6 Å². The Bertz CT molecular complexity index is 738.